The predicted octanol–water partition coefficient (Wildman–Crippen LogP) is 1.32. The Kier molecular flexibility index (Phi) is 3.57. The summed E-state index contributed by atoms with van der Waals surface area (Å²) >= 11 is 0. The third kappa shape index (κ3) is 2.37. The molecule has 1 spiro atoms. The van der Waals surface area contributed by atoms with Crippen LogP contribution >= 0.6 is 0 Å². The molecular weight excluding hydrogens is 250 g/mol. The fraction of sp³-hybridized carbons (Fsp3) is 0.938. The van der Waals surface area contributed by atoms with Crippen LogP contribution in [-0.2, 0) is 4.79 Å². The Labute approximate surface area is 122 Å². The van der Waals surface area contributed by atoms with Crippen LogP contribution in [0.25, 0.3) is 0 Å². The number of nitrogens with one attached hydrogen (secondary N) is 1. The van der Waals surface area contributed by atoms with Crippen molar-refractivity contribution >= 4 is 5.91 Å². The van der Waals surface area contributed by atoms with E-state index in [1.165, 1.54) is 19.3 Å². The quantitative estimate of drug-likeness (QED) is 0.843. The zero-order valence-electron chi connectivity index (χ0n) is 13.2. The second-order valence-electron chi connectivity index (χ2n) is 7.61. The third-order valence-corrected chi connectivity index (χ3v) is 6.31. The van der Waals surface area contributed by atoms with E-state index in [-0.39, 0.29) is 5.54 Å². The maximum Gasteiger partial charge on any atom is 0.223 e. The highest BCUT2D eigenvalue weighted by Crippen LogP contribution is 2.65. The summed E-state index contributed by atoms with van der Waals surface area (Å²) in [5.74, 6) is 0.659. The number of nitrogens with zero attached hydrogens (tertiary/aromatic N) is 2. The summed E-state index contributed by atoms with van der Waals surface area (Å²) < 4.78 is 0. The summed E-state index contributed by atoms with van der Waals surface area (Å²) in [4.78, 5) is 17.1. The summed E-state index contributed by atoms with van der Waals surface area (Å²) in [5.41, 5.74) is 0.603. The van der Waals surface area contributed by atoms with Gasteiger partial charge in [0.1, 0.15) is 0 Å². The molecule has 2 aliphatic carbocycles. The highest BCUT2D eigenvalue weighted by molar-refractivity contribution is 5.82. The van der Waals surface area contributed by atoms with Gasteiger partial charge in [0.2, 0.25) is 5.91 Å². The van der Waals surface area contributed by atoms with Crippen molar-refractivity contribution in [3.63, 3.8) is 0 Å². The van der Waals surface area contributed by atoms with E-state index in [0.29, 0.717) is 17.2 Å². The Hall–Kier alpha value is -0.610. The number of piperidine rings is 1. The molecule has 1 N–H and O–H groups in total. The number of carbonyl (C=O) groups is 1. The highest BCUT2D eigenvalue weighted by atomic mass is 16.2. The predicted molar refractivity (Wildman–Crippen MR) is 80.5 cm³/mol. The van der Waals surface area contributed by atoms with Crippen molar-refractivity contribution < 1.29 is 4.79 Å². The van der Waals surface area contributed by atoms with Crippen LogP contribution in [-0.4, -0.2) is 62.0 Å². The summed E-state index contributed by atoms with van der Waals surface area (Å²) in [7, 11) is 6.49. The zero-order chi connectivity index (χ0) is 14.4. The van der Waals surface area contributed by atoms with E-state index in [4.69, 9.17) is 0 Å². The van der Waals surface area contributed by atoms with E-state index < -0.39 is 0 Å². The summed E-state index contributed by atoms with van der Waals surface area (Å²) in [6, 6.07) is 0. The fourth-order valence-corrected chi connectivity index (χ4v) is 4.09. The smallest absolute Gasteiger partial charge is 0.223 e. The SMILES string of the molecule is CN1CCC(CNC(=O)C2CC23CCC3)(N(C)C)CC1. The fourth-order valence-electron chi connectivity index (χ4n) is 4.09. The highest BCUT2D eigenvalue weighted by Gasteiger charge is 2.60. The normalized spacial score (nSPS) is 31.1. The molecule has 1 heterocycles. The molecule has 0 radical (unpaired) electrons. The lowest BCUT2D eigenvalue weighted by atomic mass is 9.79. The molecule has 0 aromatic carbocycles. The number of carbonyl (C=O) groups excluding carboxylic acids is 1. The van der Waals surface area contributed by atoms with Crippen LogP contribution in [0, 0.1) is 11.3 Å². The van der Waals surface area contributed by atoms with Crippen LogP contribution in [0.2, 0.25) is 0 Å². The molecule has 1 atom stereocenters. The van der Waals surface area contributed by atoms with Gasteiger partial charge in [0.25, 0.3) is 0 Å². The first-order valence-electron chi connectivity index (χ1n) is 8.11. The molecule has 0 aromatic rings. The van der Waals surface area contributed by atoms with Gasteiger partial charge in [0.15, 0.2) is 0 Å². The maximum absolute atomic E-state index is 12.3. The molecule has 4 heteroatoms. The van der Waals surface area contributed by atoms with E-state index in [9.17, 15) is 4.79 Å². The number of hydrogen-bond donors (Lipinski definition) is 1. The first kappa shape index (κ1) is 14.3. The van der Waals surface area contributed by atoms with Crippen LogP contribution in [0.4, 0.5) is 0 Å². The number of likely N-dealkylation sites (tertiary alicyclic amines) is 1. The van der Waals surface area contributed by atoms with Gasteiger partial charge in [-0.05, 0) is 71.8 Å². The number of hydrogen-bond acceptors (Lipinski definition) is 3. The van der Waals surface area contributed by atoms with E-state index in [0.717, 1.165) is 38.9 Å². The molecule has 3 fully saturated rings. The molecule has 4 nitrogen and oxygen atoms in total. The summed E-state index contributed by atoms with van der Waals surface area (Å²) in [6.07, 6.45) is 7.34. The standard InChI is InChI=1S/C16H29N3O/c1-18(2)16(7-9-19(3)10-8-16)12-17-14(20)13-11-15(13)5-4-6-15/h13H,4-12H2,1-3H3,(H,17,20). The van der Waals surface area contributed by atoms with Gasteiger partial charge in [0, 0.05) is 18.0 Å². The Morgan fingerprint density at radius 3 is 2.35 bits per heavy atom. The van der Waals surface area contributed by atoms with Crippen LogP contribution in [0.3, 0.4) is 0 Å². The van der Waals surface area contributed by atoms with E-state index >= 15 is 0 Å². The van der Waals surface area contributed by atoms with Gasteiger partial charge in [0.05, 0.1) is 0 Å². The van der Waals surface area contributed by atoms with Crippen molar-refractivity contribution in [1.82, 2.24) is 15.1 Å². The Balaban J connectivity index is 1.54. The molecule has 1 unspecified atom stereocenters. The average Bonchev–Trinajstić information content (AvgIpc) is 3.13. The van der Waals surface area contributed by atoms with Gasteiger partial charge in [-0.25, -0.2) is 0 Å². The third-order valence-electron chi connectivity index (χ3n) is 6.31. The van der Waals surface area contributed by atoms with Crippen molar-refractivity contribution in [1.29, 1.82) is 0 Å². The maximum atomic E-state index is 12.3. The minimum absolute atomic E-state index is 0.157. The first-order valence-corrected chi connectivity index (χ1v) is 8.11. The molecule has 1 amide bonds. The van der Waals surface area contributed by atoms with E-state index in [1.54, 1.807) is 0 Å². The Morgan fingerprint density at radius 1 is 1.25 bits per heavy atom. The van der Waals surface area contributed by atoms with Gasteiger partial charge in [-0.1, -0.05) is 6.42 Å². The van der Waals surface area contributed by atoms with Crippen LogP contribution in [0.1, 0.15) is 38.5 Å². The van der Waals surface area contributed by atoms with Crippen molar-refractivity contribution in [3.8, 4) is 0 Å². The molecule has 1 aliphatic heterocycles. The molecule has 3 rings (SSSR count). The molecular formula is C16H29N3O. The largest absolute Gasteiger partial charge is 0.354 e. The topological polar surface area (TPSA) is 35.6 Å². The van der Waals surface area contributed by atoms with Crippen LogP contribution < -0.4 is 5.32 Å². The minimum atomic E-state index is 0.157. The lowest BCUT2D eigenvalue weighted by Gasteiger charge is -2.45. The molecule has 3 aliphatic rings. The number of likely N-dealkylation sites (N-methyl/N-ethyl adjacent to an activating group) is 1. The van der Waals surface area contributed by atoms with Crippen molar-refractivity contribution in [2.45, 2.75) is 44.1 Å². The van der Waals surface area contributed by atoms with Crippen molar-refractivity contribution in [2.75, 3.05) is 40.8 Å². The Morgan fingerprint density at radius 2 is 1.90 bits per heavy atom. The van der Waals surface area contributed by atoms with Crippen molar-refractivity contribution in [2.24, 2.45) is 11.3 Å². The molecule has 2 saturated carbocycles. The van der Waals surface area contributed by atoms with Gasteiger partial charge in [-0.3, -0.25) is 4.79 Å². The Bertz CT molecular complexity index is 381. The van der Waals surface area contributed by atoms with Gasteiger partial charge in [-0.2, -0.15) is 0 Å². The first-order chi connectivity index (χ1) is 9.47. The molecule has 0 aromatic heterocycles. The van der Waals surface area contributed by atoms with Gasteiger partial charge >= 0.3 is 0 Å². The lowest BCUT2D eigenvalue weighted by Crippen LogP contribution is -2.58. The van der Waals surface area contributed by atoms with Crippen LogP contribution in [0.5, 0.6) is 0 Å². The number of amides is 1. The van der Waals surface area contributed by atoms with E-state index in [1.807, 2.05) is 0 Å². The minimum Gasteiger partial charge on any atom is -0.354 e. The van der Waals surface area contributed by atoms with Crippen LogP contribution in [0.15, 0.2) is 0 Å². The average molecular weight is 279 g/mol. The van der Waals surface area contributed by atoms with E-state index in [2.05, 4.69) is 36.3 Å². The molecule has 1 saturated heterocycles. The number of rotatable bonds is 4. The summed E-state index contributed by atoms with van der Waals surface area (Å²) in [5, 5.41) is 3.28. The monoisotopic (exact) mass is 279 g/mol. The molecule has 114 valence electrons. The lowest BCUT2D eigenvalue weighted by molar-refractivity contribution is -0.124. The molecule has 0 bridgehead atoms. The second kappa shape index (κ2) is 4.99. The second-order valence-corrected chi connectivity index (χ2v) is 7.61. The molecule has 20 heavy (non-hydrogen) atoms. The zero-order valence-corrected chi connectivity index (χ0v) is 13.2. The van der Waals surface area contributed by atoms with Crippen molar-refractivity contribution in [3.05, 3.63) is 0 Å². The van der Waals surface area contributed by atoms with Gasteiger partial charge < -0.3 is 15.1 Å². The van der Waals surface area contributed by atoms with Gasteiger partial charge in [-0.15, -0.1) is 0 Å². The summed E-state index contributed by atoms with van der Waals surface area (Å²) in [6.45, 7) is 3.07.